The lowest BCUT2D eigenvalue weighted by molar-refractivity contribution is -0.118. The van der Waals surface area contributed by atoms with Crippen LogP contribution in [-0.2, 0) is 4.79 Å². The fourth-order valence-corrected chi connectivity index (χ4v) is 2.23. The fraction of sp³-hybridized carbons (Fsp3) is 0.200. The van der Waals surface area contributed by atoms with Crippen LogP contribution in [0.25, 0.3) is 6.08 Å². The molecule has 0 bridgehead atoms. The normalized spacial score (nSPS) is 10.6. The first-order chi connectivity index (χ1) is 10.2. The molecule has 0 spiro atoms. The van der Waals surface area contributed by atoms with Crippen molar-refractivity contribution in [3.8, 4) is 11.5 Å². The Balaban J connectivity index is 1.97. The second-order valence-electron chi connectivity index (χ2n) is 4.08. The lowest BCUT2D eigenvalue weighted by Crippen LogP contribution is -2.20. The quantitative estimate of drug-likeness (QED) is 0.890. The number of allylic oxidation sites excluding steroid dienone is 1. The van der Waals surface area contributed by atoms with Gasteiger partial charge in [0.25, 0.3) is 5.91 Å². The third-order valence-electron chi connectivity index (χ3n) is 2.58. The average Bonchev–Trinajstić information content (AvgIpc) is 2.99. The van der Waals surface area contributed by atoms with E-state index in [4.69, 9.17) is 9.47 Å². The molecule has 1 aromatic heterocycles. The van der Waals surface area contributed by atoms with Crippen LogP contribution in [0.4, 0.5) is 5.13 Å². The topological polar surface area (TPSA) is 60.5 Å². The first-order valence-corrected chi connectivity index (χ1v) is 7.23. The molecule has 2 rings (SSSR count). The molecule has 0 aliphatic carbocycles. The summed E-state index contributed by atoms with van der Waals surface area (Å²) in [6.45, 7) is 1.85. The first kappa shape index (κ1) is 15.1. The summed E-state index contributed by atoms with van der Waals surface area (Å²) in [6.07, 6.45) is 5.53. The molecule has 0 unspecified atom stereocenters. The lowest BCUT2D eigenvalue weighted by Gasteiger charge is -2.11. The minimum Gasteiger partial charge on any atom is -0.493 e. The van der Waals surface area contributed by atoms with E-state index in [2.05, 4.69) is 10.3 Å². The Kier molecular flexibility index (Phi) is 5.34. The highest BCUT2D eigenvalue weighted by atomic mass is 32.1. The number of hydrogen-bond acceptors (Lipinski definition) is 5. The lowest BCUT2D eigenvalue weighted by atomic mass is 10.2. The number of benzene rings is 1. The van der Waals surface area contributed by atoms with Gasteiger partial charge in [-0.1, -0.05) is 18.2 Å². The fourth-order valence-electron chi connectivity index (χ4n) is 1.68. The summed E-state index contributed by atoms with van der Waals surface area (Å²) in [4.78, 5) is 15.7. The monoisotopic (exact) mass is 304 g/mol. The minimum atomic E-state index is -0.260. The number of carbonyl (C=O) groups is 1. The maximum atomic E-state index is 11.7. The smallest absolute Gasteiger partial charge is 0.264 e. The Morgan fingerprint density at radius 3 is 2.95 bits per heavy atom. The molecular weight excluding hydrogens is 288 g/mol. The number of rotatable bonds is 6. The highest BCUT2D eigenvalue weighted by Gasteiger charge is 2.09. The van der Waals surface area contributed by atoms with Crippen molar-refractivity contribution in [2.45, 2.75) is 6.92 Å². The van der Waals surface area contributed by atoms with Crippen molar-refractivity contribution in [1.82, 2.24) is 4.98 Å². The van der Waals surface area contributed by atoms with E-state index in [9.17, 15) is 4.79 Å². The van der Waals surface area contributed by atoms with Gasteiger partial charge in [0.15, 0.2) is 23.2 Å². The Labute approximate surface area is 127 Å². The van der Waals surface area contributed by atoms with Crippen LogP contribution in [0.15, 0.2) is 35.9 Å². The van der Waals surface area contributed by atoms with Gasteiger partial charge in [-0.25, -0.2) is 4.98 Å². The van der Waals surface area contributed by atoms with Gasteiger partial charge in [-0.05, 0) is 24.6 Å². The summed E-state index contributed by atoms with van der Waals surface area (Å²) in [7, 11) is 1.57. The third kappa shape index (κ3) is 4.32. The molecule has 1 heterocycles. The highest BCUT2D eigenvalue weighted by Crippen LogP contribution is 2.28. The summed E-state index contributed by atoms with van der Waals surface area (Å²) < 4.78 is 10.8. The van der Waals surface area contributed by atoms with Gasteiger partial charge in [-0.2, -0.15) is 0 Å². The molecule has 0 aliphatic rings. The summed E-state index contributed by atoms with van der Waals surface area (Å²) in [5.74, 6) is 0.859. The number of aromatic nitrogens is 1. The van der Waals surface area contributed by atoms with Crippen molar-refractivity contribution < 1.29 is 14.3 Å². The van der Waals surface area contributed by atoms with Crippen LogP contribution >= 0.6 is 11.3 Å². The number of carbonyl (C=O) groups excluding carboxylic acids is 1. The molecular formula is C15H16N2O3S. The van der Waals surface area contributed by atoms with E-state index in [1.165, 1.54) is 11.3 Å². The summed E-state index contributed by atoms with van der Waals surface area (Å²) in [5, 5.41) is 5.00. The van der Waals surface area contributed by atoms with E-state index >= 15 is 0 Å². The van der Waals surface area contributed by atoms with Crippen molar-refractivity contribution in [3.63, 3.8) is 0 Å². The zero-order valence-electron chi connectivity index (χ0n) is 11.8. The number of ether oxygens (including phenoxy) is 2. The van der Waals surface area contributed by atoms with Crippen molar-refractivity contribution in [2.24, 2.45) is 0 Å². The van der Waals surface area contributed by atoms with Gasteiger partial charge in [0.1, 0.15) is 0 Å². The van der Waals surface area contributed by atoms with Crippen LogP contribution in [0.2, 0.25) is 0 Å². The number of methoxy groups -OCH3 is 1. The SMILES string of the molecule is C/C=C/c1ccc(OCC(=O)Nc2nccs2)c(OC)c1. The van der Waals surface area contributed by atoms with Crippen LogP contribution < -0.4 is 14.8 Å². The van der Waals surface area contributed by atoms with E-state index in [1.807, 2.05) is 31.2 Å². The molecule has 0 radical (unpaired) electrons. The Morgan fingerprint density at radius 1 is 1.43 bits per heavy atom. The second kappa shape index (κ2) is 7.44. The Morgan fingerprint density at radius 2 is 2.29 bits per heavy atom. The Bertz CT molecular complexity index is 624. The molecule has 0 fully saturated rings. The number of anilines is 1. The number of nitrogens with one attached hydrogen (secondary N) is 1. The van der Waals surface area contributed by atoms with E-state index in [0.29, 0.717) is 16.6 Å². The molecule has 110 valence electrons. The molecule has 6 heteroatoms. The van der Waals surface area contributed by atoms with Crippen LogP contribution in [0.5, 0.6) is 11.5 Å². The maximum absolute atomic E-state index is 11.7. The molecule has 0 atom stereocenters. The molecule has 0 saturated carbocycles. The largest absolute Gasteiger partial charge is 0.493 e. The predicted octanol–water partition coefficient (Wildman–Crippen LogP) is 3.20. The van der Waals surface area contributed by atoms with Gasteiger partial charge in [-0.15, -0.1) is 11.3 Å². The number of thiazole rings is 1. The van der Waals surface area contributed by atoms with Crippen molar-refractivity contribution in [3.05, 3.63) is 41.4 Å². The molecule has 0 aliphatic heterocycles. The maximum Gasteiger partial charge on any atom is 0.264 e. The molecule has 1 N–H and O–H groups in total. The second-order valence-corrected chi connectivity index (χ2v) is 4.98. The third-order valence-corrected chi connectivity index (χ3v) is 3.27. The average molecular weight is 304 g/mol. The number of nitrogens with zero attached hydrogens (tertiary/aromatic N) is 1. The molecule has 5 nitrogen and oxygen atoms in total. The molecule has 1 amide bonds. The van der Waals surface area contributed by atoms with Crippen molar-refractivity contribution in [2.75, 3.05) is 19.0 Å². The number of hydrogen-bond donors (Lipinski definition) is 1. The number of amides is 1. The van der Waals surface area contributed by atoms with E-state index in [1.54, 1.807) is 24.8 Å². The van der Waals surface area contributed by atoms with Crippen LogP contribution in [-0.4, -0.2) is 24.6 Å². The van der Waals surface area contributed by atoms with Crippen LogP contribution in [0, 0.1) is 0 Å². The molecule has 21 heavy (non-hydrogen) atoms. The van der Waals surface area contributed by atoms with Gasteiger partial charge in [0, 0.05) is 11.6 Å². The predicted molar refractivity (Wildman–Crippen MR) is 83.9 cm³/mol. The van der Waals surface area contributed by atoms with Crippen molar-refractivity contribution in [1.29, 1.82) is 0 Å². The van der Waals surface area contributed by atoms with Gasteiger partial charge in [0.05, 0.1) is 7.11 Å². The van der Waals surface area contributed by atoms with Crippen LogP contribution in [0.1, 0.15) is 12.5 Å². The molecule has 0 saturated heterocycles. The van der Waals surface area contributed by atoms with Crippen molar-refractivity contribution >= 4 is 28.5 Å². The van der Waals surface area contributed by atoms with Gasteiger partial charge in [-0.3, -0.25) is 10.1 Å². The summed E-state index contributed by atoms with van der Waals surface area (Å²) >= 11 is 1.36. The van der Waals surface area contributed by atoms with Gasteiger partial charge in [0.2, 0.25) is 0 Å². The van der Waals surface area contributed by atoms with Gasteiger partial charge >= 0.3 is 0 Å². The first-order valence-electron chi connectivity index (χ1n) is 6.36. The van der Waals surface area contributed by atoms with E-state index in [-0.39, 0.29) is 12.5 Å². The zero-order valence-corrected chi connectivity index (χ0v) is 12.6. The molecule has 2 aromatic rings. The van der Waals surface area contributed by atoms with Crippen LogP contribution in [0.3, 0.4) is 0 Å². The zero-order chi connectivity index (χ0) is 15.1. The minimum absolute atomic E-state index is 0.0983. The highest BCUT2D eigenvalue weighted by molar-refractivity contribution is 7.13. The molecule has 1 aromatic carbocycles. The van der Waals surface area contributed by atoms with E-state index in [0.717, 1.165) is 5.56 Å². The van der Waals surface area contributed by atoms with E-state index < -0.39 is 0 Å². The summed E-state index contributed by atoms with van der Waals surface area (Å²) in [6, 6.07) is 5.54. The standard InChI is InChI=1S/C15H16N2O3S/c1-3-4-11-5-6-12(13(9-11)19-2)20-10-14(18)17-15-16-7-8-21-15/h3-9H,10H2,1-2H3,(H,16,17,18)/b4-3+. The van der Waals surface area contributed by atoms with Gasteiger partial charge < -0.3 is 9.47 Å². The summed E-state index contributed by atoms with van der Waals surface area (Å²) in [5.41, 5.74) is 1.01. The Hall–Kier alpha value is -2.34.